The summed E-state index contributed by atoms with van der Waals surface area (Å²) in [6, 6.07) is 14.7. The van der Waals surface area contributed by atoms with Crippen LogP contribution in [-0.2, 0) is 7.05 Å². The topological polar surface area (TPSA) is 20.0 Å². The first-order valence-corrected chi connectivity index (χ1v) is 7.33. The van der Waals surface area contributed by atoms with Crippen LogP contribution in [0, 0.1) is 0 Å². The van der Waals surface area contributed by atoms with Gasteiger partial charge in [-0.2, -0.15) is 0 Å². The average molecular weight is 290 g/mol. The molecule has 0 aliphatic rings. The summed E-state index contributed by atoms with van der Waals surface area (Å²) in [6.45, 7) is 0. The van der Waals surface area contributed by atoms with Crippen molar-refractivity contribution < 1.29 is 4.57 Å². The van der Waals surface area contributed by atoms with Crippen molar-refractivity contribution in [1.29, 1.82) is 0 Å². The largest absolute Gasteiger partial charge is 0.378 e. The summed E-state index contributed by atoms with van der Waals surface area (Å²) < 4.78 is 2.02. The standard InChI is InChI=1S/C19H20N3/c1-21(2)18-8-9-19-16(14-18)5-7-17(20-19)6-4-15-10-12-22(3)13-11-15/h4-14H,1-3H3/q+1. The molecule has 3 rings (SSSR count). The van der Waals surface area contributed by atoms with Crippen LogP contribution in [0.3, 0.4) is 0 Å². The highest BCUT2D eigenvalue weighted by Crippen LogP contribution is 2.20. The summed E-state index contributed by atoms with van der Waals surface area (Å²) in [5.74, 6) is 0. The monoisotopic (exact) mass is 290 g/mol. The number of benzene rings is 1. The molecule has 2 aromatic heterocycles. The van der Waals surface area contributed by atoms with E-state index in [1.807, 2.05) is 38.1 Å². The maximum absolute atomic E-state index is 4.70. The number of hydrogen-bond acceptors (Lipinski definition) is 2. The van der Waals surface area contributed by atoms with Crippen molar-refractivity contribution in [1.82, 2.24) is 4.98 Å². The van der Waals surface area contributed by atoms with E-state index < -0.39 is 0 Å². The minimum atomic E-state index is 0.971. The van der Waals surface area contributed by atoms with E-state index in [9.17, 15) is 0 Å². The lowest BCUT2D eigenvalue weighted by Gasteiger charge is -2.12. The van der Waals surface area contributed by atoms with Gasteiger partial charge in [0.25, 0.3) is 0 Å². The molecular formula is C19H20N3+. The lowest BCUT2D eigenvalue weighted by atomic mass is 10.1. The Morgan fingerprint density at radius 1 is 0.955 bits per heavy atom. The van der Waals surface area contributed by atoms with Crippen molar-refractivity contribution in [3.8, 4) is 0 Å². The molecule has 0 N–H and O–H groups in total. The van der Waals surface area contributed by atoms with Gasteiger partial charge < -0.3 is 4.90 Å². The number of anilines is 1. The first-order valence-electron chi connectivity index (χ1n) is 7.33. The van der Waals surface area contributed by atoms with Gasteiger partial charge in [0.15, 0.2) is 12.4 Å². The van der Waals surface area contributed by atoms with Gasteiger partial charge in [-0.25, -0.2) is 9.55 Å². The lowest BCUT2D eigenvalue weighted by molar-refractivity contribution is -0.671. The SMILES string of the molecule is CN(C)c1ccc2nc(C=Cc3cc[n+](C)cc3)ccc2c1. The molecule has 0 aliphatic carbocycles. The minimum absolute atomic E-state index is 0.971. The van der Waals surface area contributed by atoms with E-state index in [-0.39, 0.29) is 0 Å². The zero-order valence-corrected chi connectivity index (χ0v) is 13.2. The van der Waals surface area contributed by atoms with E-state index in [1.54, 1.807) is 0 Å². The van der Waals surface area contributed by atoms with Gasteiger partial charge in [-0.1, -0.05) is 12.1 Å². The smallest absolute Gasteiger partial charge is 0.169 e. The molecular weight excluding hydrogens is 270 g/mol. The van der Waals surface area contributed by atoms with Crippen LogP contribution in [0.1, 0.15) is 11.3 Å². The predicted octanol–water partition coefficient (Wildman–Crippen LogP) is 3.30. The Morgan fingerprint density at radius 3 is 2.45 bits per heavy atom. The Bertz CT molecular complexity index is 818. The summed E-state index contributed by atoms with van der Waals surface area (Å²) in [5.41, 5.74) is 4.35. The van der Waals surface area contributed by atoms with Gasteiger partial charge in [0, 0.05) is 37.3 Å². The van der Waals surface area contributed by atoms with Gasteiger partial charge in [-0.15, -0.1) is 0 Å². The van der Waals surface area contributed by atoms with Crippen LogP contribution in [0.4, 0.5) is 5.69 Å². The Hall–Kier alpha value is -2.68. The molecule has 0 radical (unpaired) electrons. The number of rotatable bonds is 3. The second-order valence-corrected chi connectivity index (χ2v) is 5.64. The van der Waals surface area contributed by atoms with Gasteiger partial charge in [-0.3, -0.25) is 0 Å². The molecule has 0 bridgehead atoms. The second kappa shape index (κ2) is 5.98. The summed E-state index contributed by atoms with van der Waals surface area (Å²) >= 11 is 0. The highest BCUT2D eigenvalue weighted by molar-refractivity contribution is 5.84. The maximum Gasteiger partial charge on any atom is 0.169 e. The molecule has 110 valence electrons. The first-order chi connectivity index (χ1) is 10.6. The van der Waals surface area contributed by atoms with Gasteiger partial charge in [-0.05, 0) is 35.9 Å². The highest BCUT2D eigenvalue weighted by Gasteiger charge is 2.00. The fraction of sp³-hybridized carbons (Fsp3) is 0.158. The Kier molecular flexibility index (Phi) is 3.88. The third-order valence-corrected chi connectivity index (χ3v) is 3.66. The van der Waals surface area contributed by atoms with Gasteiger partial charge in [0.1, 0.15) is 7.05 Å². The Balaban J connectivity index is 1.88. The zero-order chi connectivity index (χ0) is 15.5. The van der Waals surface area contributed by atoms with Crippen molar-refractivity contribution in [2.45, 2.75) is 0 Å². The molecule has 0 atom stereocenters. The quantitative estimate of drug-likeness (QED) is 0.690. The van der Waals surface area contributed by atoms with Crippen molar-refractivity contribution in [3.05, 3.63) is 66.1 Å². The van der Waals surface area contributed by atoms with E-state index >= 15 is 0 Å². The molecule has 0 saturated carbocycles. The molecule has 0 amide bonds. The summed E-state index contributed by atoms with van der Waals surface area (Å²) in [7, 11) is 6.11. The van der Waals surface area contributed by atoms with Crippen molar-refractivity contribution in [2.75, 3.05) is 19.0 Å². The summed E-state index contributed by atoms with van der Waals surface area (Å²) in [5, 5.41) is 1.16. The molecule has 2 heterocycles. The Morgan fingerprint density at radius 2 is 1.73 bits per heavy atom. The molecule has 0 unspecified atom stereocenters. The molecule has 0 fully saturated rings. The van der Waals surface area contributed by atoms with Crippen molar-refractivity contribution in [2.24, 2.45) is 7.05 Å². The van der Waals surface area contributed by atoms with Gasteiger partial charge in [0.05, 0.1) is 11.2 Å². The van der Waals surface area contributed by atoms with E-state index in [0.29, 0.717) is 0 Å². The zero-order valence-electron chi connectivity index (χ0n) is 13.2. The van der Waals surface area contributed by atoms with E-state index in [2.05, 4.69) is 59.5 Å². The molecule has 0 aliphatic heterocycles. The van der Waals surface area contributed by atoms with Crippen LogP contribution in [0.25, 0.3) is 23.1 Å². The molecule has 22 heavy (non-hydrogen) atoms. The lowest BCUT2D eigenvalue weighted by Crippen LogP contribution is -2.25. The highest BCUT2D eigenvalue weighted by atomic mass is 15.1. The van der Waals surface area contributed by atoms with E-state index in [4.69, 9.17) is 4.98 Å². The Labute approximate surface area is 131 Å². The van der Waals surface area contributed by atoms with Crippen molar-refractivity contribution >= 4 is 28.7 Å². The third-order valence-electron chi connectivity index (χ3n) is 3.66. The van der Waals surface area contributed by atoms with Crippen LogP contribution >= 0.6 is 0 Å². The first kappa shape index (κ1) is 14.3. The molecule has 0 spiro atoms. The molecule has 0 saturated heterocycles. The molecule has 3 heteroatoms. The van der Waals surface area contributed by atoms with Crippen LogP contribution in [-0.4, -0.2) is 19.1 Å². The molecule has 3 aromatic rings. The van der Waals surface area contributed by atoms with Gasteiger partial charge >= 0.3 is 0 Å². The predicted molar refractivity (Wildman–Crippen MR) is 92.6 cm³/mol. The molecule has 1 aromatic carbocycles. The number of hydrogen-bond donors (Lipinski definition) is 0. The van der Waals surface area contributed by atoms with Crippen LogP contribution in [0.5, 0.6) is 0 Å². The van der Waals surface area contributed by atoms with Crippen LogP contribution < -0.4 is 9.47 Å². The van der Waals surface area contributed by atoms with E-state index in [1.165, 1.54) is 11.3 Å². The van der Waals surface area contributed by atoms with Crippen molar-refractivity contribution in [3.63, 3.8) is 0 Å². The second-order valence-electron chi connectivity index (χ2n) is 5.64. The third kappa shape index (κ3) is 3.14. The number of pyridine rings is 2. The maximum atomic E-state index is 4.70. The number of aromatic nitrogens is 2. The minimum Gasteiger partial charge on any atom is -0.378 e. The average Bonchev–Trinajstić information content (AvgIpc) is 2.53. The number of fused-ring (bicyclic) bond motifs is 1. The van der Waals surface area contributed by atoms with Crippen LogP contribution in [0.2, 0.25) is 0 Å². The van der Waals surface area contributed by atoms with Gasteiger partial charge in [0.2, 0.25) is 0 Å². The summed E-state index contributed by atoms with van der Waals surface area (Å²) in [6.07, 6.45) is 8.21. The fourth-order valence-electron chi connectivity index (χ4n) is 2.30. The normalized spacial score (nSPS) is 11.2. The fourth-order valence-corrected chi connectivity index (χ4v) is 2.30. The summed E-state index contributed by atoms with van der Waals surface area (Å²) in [4.78, 5) is 6.80. The van der Waals surface area contributed by atoms with E-state index in [0.717, 1.165) is 16.6 Å². The van der Waals surface area contributed by atoms with Crippen LogP contribution in [0.15, 0.2) is 54.9 Å². The number of aryl methyl sites for hydroxylation is 1. The molecule has 3 nitrogen and oxygen atoms in total. The number of nitrogens with zero attached hydrogens (tertiary/aromatic N) is 3.